The van der Waals surface area contributed by atoms with Gasteiger partial charge < -0.3 is 74.0 Å². The van der Waals surface area contributed by atoms with E-state index in [0.29, 0.717) is 73.5 Å². The van der Waals surface area contributed by atoms with Crippen LogP contribution in [0, 0.1) is 90.7 Å². The second kappa shape index (κ2) is 55.8. The lowest BCUT2D eigenvalue weighted by Gasteiger charge is -2.60. The van der Waals surface area contributed by atoms with Gasteiger partial charge in [-0.3, -0.25) is 43.2 Å². The van der Waals surface area contributed by atoms with E-state index < -0.39 is 68.5 Å². The van der Waals surface area contributed by atoms with Crippen molar-refractivity contribution in [1.82, 2.24) is 0 Å². The van der Waals surface area contributed by atoms with E-state index in [-0.39, 0.29) is 141 Å². The molecule has 3 aliphatic heterocycles. The number of phenols is 1. The summed E-state index contributed by atoms with van der Waals surface area (Å²) in [5, 5.41) is 26.5. The Hall–Kier alpha value is -7.06. The number of hydrogen-bond donors (Lipinski definition) is 2. The number of hydrogen-bond acceptors (Lipinski definition) is 26. The molecule has 145 heavy (non-hydrogen) atoms. The van der Waals surface area contributed by atoms with Crippen LogP contribution in [-0.4, -0.2) is 165 Å². The monoisotopic (exact) mass is 2110 g/mol. The maximum absolute atomic E-state index is 12.6. The predicted octanol–water partition coefficient (Wildman–Crippen LogP) is 27.1. The number of carbonyl (C=O) groups is 10. The molecule has 0 aromatic heterocycles. The van der Waals surface area contributed by atoms with Crippen molar-refractivity contribution >= 4 is 93.9 Å². The number of fused-ring (bicyclic) bond motifs is 1. The summed E-state index contributed by atoms with van der Waals surface area (Å²) in [7, 11) is -9.60. The molecule has 3 heterocycles. The van der Waals surface area contributed by atoms with Gasteiger partial charge in [0, 0.05) is 11.8 Å². The second-order valence-corrected chi connectivity index (χ2v) is 63.3. The molecular formula is C114H197NO26Si4. The normalized spacial score (nSPS) is 24.7. The van der Waals surface area contributed by atoms with E-state index in [2.05, 4.69) is 74.2 Å². The van der Waals surface area contributed by atoms with E-state index in [4.69, 9.17) is 74.0 Å². The first-order valence-corrected chi connectivity index (χ1v) is 65.5. The Kier molecular flexibility index (Phi) is 50.8. The van der Waals surface area contributed by atoms with Crippen molar-refractivity contribution in [1.29, 1.82) is 5.26 Å². The molecule has 2 N–H and O–H groups in total. The molecule has 7 aliphatic carbocycles. The van der Waals surface area contributed by atoms with E-state index in [1.54, 1.807) is 19.1 Å². The molecule has 9 unspecified atom stereocenters. The first kappa shape index (κ1) is 132. The average Bonchev–Trinajstić information content (AvgIpc) is 1.54. The number of carboxylic acids is 1. The van der Waals surface area contributed by atoms with E-state index >= 15 is 0 Å². The maximum Gasteiger partial charge on any atom is 0.344 e. The van der Waals surface area contributed by atoms with Gasteiger partial charge in [0.2, 0.25) is 0 Å². The van der Waals surface area contributed by atoms with Crippen LogP contribution in [0.1, 0.15) is 405 Å². The van der Waals surface area contributed by atoms with Gasteiger partial charge in [-0.15, -0.1) is 0 Å². The Morgan fingerprint density at radius 1 is 0.510 bits per heavy atom. The highest BCUT2D eigenvalue weighted by Gasteiger charge is 2.73. The zero-order chi connectivity index (χ0) is 111. The third-order valence-corrected chi connectivity index (χ3v) is 48.2. The van der Waals surface area contributed by atoms with Crippen LogP contribution in [0.5, 0.6) is 11.5 Å². The molecule has 27 nitrogen and oxygen atoms in total. The van der Waals surface area contributed by atoms with Crippen LogP contribution in [0.25, 0.3) is 0 Å². The maximum atomic E-state index is 12.6. The summed E-state index contributed by atoms with van der Waals surface area (Å²) >= 11 is 0. The van der Waals surface area contributed by atoms with Crippen molar-refractivity contribution in [2.45, 2.75) is 487 Å². The topological polar surface area (TPSA) is 364 Å². The quantitative estimate of drug-likeness (QED) is 0.0290. The zero-order valence-corrected chi connectivity index (χ0v) is 101. The van der Waals surface area contributed by atoms with Gasteiger partial charge in [0.05, 0.1) is 57.5 Å². The Bertz CT molecular complexity index is 4430. The van der Waals surface area contributed by atoms with Gasteiger partial charge in [-0.1, -0.05) is 128 Å². The highest BCUT2D eigenvalue weighted by molar-refractivity contribution is 6.93. The highest BCUT2D eigenvalue weighted by Crippen LogP contribution is 2.63. The summed E-state index contributed by atoms with van der Waals surface area (Å²) in [5.74, 6) is 2.53. The second-order valence-electron chi connectivity index (χ2n) is 48.9. The van der Waals surface area contributed by atoms with Gasteiger partial charge in [-0.05, 0) is 395 Å². The third-order valence-electron chi connectivity index (χ3n) is 31.6. The molecule has 3 saturated heterocycles. The zero-order valence-electron chi connectivity index (χ0n) is 97.2. The molecule has 2 aromatic carbocycles. The summed E-state index contributed by atoms with van der Waals surface area (Å²) in [5.41, 5.74) is -1.76. The summed E-state index contributed by atoms with van der Waals surface area (Å²) in [4.78, 5) is 116. The molecule has 6 bridgehead atoms. The number of nitrogens with zero attached hydrogens (tertiary/aromatic N) is 1. The first-order chi connectivity index (χ1) is 66.7. The van der Waals surface area contributed by atoms with Crippen LogP contribution in [-0.2, 0) is 107 Å². The number of esters is 9. The Morgan fingerprint density at radius 3 is 1.32 bits per heavy atom. The Labute approximate surface area is 878 Å². The number of cyclic esters (lactones) is 1. The lowest BCUT2D eigenvalue weighted by molar-refractivity contribution is -0.218. The molecular weight excluding hydrogens is 1910 g/mol. The van der Waals surface area contributed by atoms with Crippen molar-refractivity contribution < 1.29 is 122 Å². The van der Waals surface area contributed by atoms with E-state index in [0.717, 1.165) is 95.3 Å². The van der Waals surface area contributed by atoms with E-state index in [9.17, 15) is 53.2 Å². The number of carbonyl (C=O) groups excluding carboxylic acids is 9. The fourth-order valence-electron chi connectivity index (χ4n) is 18.7. The molecule has 7 saturated carbocycles. The minimum Gasteiger partial charge on any atom is -0.508 e. The number of aliphatic carboxylic acids is 1. The third kappa shape index (κ3) is 40.2. The smallest absolute Gasteiger partial charge is 0.344 e. The van der Waals surface area contributed by atoms with Crippen LogP contribution in [0.4, 0.5) is 0 Å². The van der Waals surface area contributed by atoms with Crippen LogP contribution >= 0.6 is 0 Å². The molecule has 830 valence electrons. The molecule has 0 radical (unpaired) electrons. The fourth-order valence-corrected chi connectivity index (χ4v) is 40.3. The highest BCUT2D eigenvalue weighted by atomic mass is 28.5. The van der Waals surface area contributed by atoms with Gasteiger partial charge in [0.25, 0.3) is 0 Å². The Balaban J connectivity index is 0.000000433. The molecule has 12 rings (SSSR count). The van der Waals surface area contributed by atoms with E-state index in [1.807, 2.05) is 229 Å². The van der Waals surface area contributed by atoms with Crippen molar-refractivity contribution in [2.24, 2.45) is 79.3 Å². The lowest BCUT2D eigenvalue weighted by atomic mass is 9.49. The Morgan fingerprint density at radius 2 is 0.931 bits per heavy atom. The van der Waals surface area contributed by atoms with Crippen molar-refractivity contribution in [3.8, 4) is 17.6 Å². The summed E-state index contributed by atoms with van der Waals surface area (Å²) in [6, 6.07) is 18.2. The fraction of sp³-hybridized carbons (Fsp3) is 0.798. The van der Waals surface area contributed by atoms with Crippen LogP contribution in [0.15, 0.2) is 48.5 Å². The summed E-state index contributed by atoms with van der Waals surface area (Å²) < 4.78 is 80.3. The molecule has 0 amide bonds. The molecule has 31 heteroatoms. The number of phenolic OH excluding ortho intramolecular Hbond substituents is 1. The van der Waals surface area contributed by atoms with Crippen molar-refractivity contribution in [3.63, 3.8) is 0 Å². The predicted molar refractivity (Wildman–Crippen MR) is 577 cm³/mol. The average molecular weight is 2110 g/mol. The molecule has 9 atom stereocenters. The SMILES string of the molecule is CCC(C)(C)C(=O)OC(C)(C)C.CCC(C)(C)C(=O)OC1(CC)C2CC3CC(C2)CC1C3.CCC(C)(C)C(=O)OC1C2CC3C1OC(=O)C3(C#N)C2.CCC(C)(C)C(=O)OC1COC(=O)C1.CCC(C)(C)OC(=O)C(C)(C)CC.CCC(C)C(=O)O.CCC(C)c1ccc(O)cc1.CCC(C)c1ccc(OCC(=O)OCCC[Si]2(C)O[Si](C)(C)O[Si](C)(C)O[Si](C)(C)O2)cc1.CCC1(OC(=O)C(C)(C)CC)CCCC1. The molecule has 10 aliphatic rings. The number of benzene rings is 2. The van der Waals surface area contributed by atoms with E-state index in [1.165, 1.54) is 56.1 Å². The summed E-state index contributed by atoms with van der Waals surface area (Å²) in [6.45, 7) is 77.9. The largest absolute Gasteiger partial charge is 0.508 e. The van der Waals surface area contributed by atoms with Crippen LogP contribution in [0.2, 0.25) is 51.9 Å². The van der Waals surface area contributed by atoms with Gasteiger partial charge in [-0.2, -0.15) is 5.26 Å². The number of rotatable bonds is 33. The van der Waals surface area contributed by atoms with Gasteiger partial charge in [0.1, 0.15) is 58.8 Å². The van der Waals surface area contributed by atoms with Crippen molar-refractivity contribution in [3.05, 3.63) is 59.7 Å². The van der Waals surface area contributed by atoms with Gasteiger partial charge in [-0.25, -0.2) is 4.79 Å². The summed E-state index contributed by atoms with van der Waals surface area (Å²) in [6.07, 6.45) is 22.5. The van der Waals surface area contributed by atoms with Gasteiger partial charge in [0.15, 0.2) is 12.0 Å². The molecule has 10 fully saturated rings. The van der Waals surface area contributed by atoms with Crippen LogP contribution in [0.3, 0.4) is 0 Å². The minimum atomic E-state index is -2.54. The van der Waals surface area contributed by atoms with Crippen LogP contribution < -0.4 is 4.74 Å². The lowest BCUT2D eigenvalue weighted by Crippen LogP contribution is -2.65. The number of ether oxygens (including phenoxy) is 10. The molecule has 0 spiro atoms. The molecule has 2 aromatic rings. The van der Waals surface area contributed by atoms with Crippen molar-refractivity contribution in [2.75, 3.05) is 19.8 Å². The number of carboxylic acid groups (broad SMARTS) is 1. The number of aromatic hydroxyl groups is 1. The number of nitriles is 1. The minimum absolute atomic E-state index is 0.0197. The standard InChI is InChI=1S/C22H42O7Si4.C18H30O2.C15H19NO4.C13H24O2.C11H22O2.C10H16O4.C10H20O2.C10H14O.C5H10O2/c1-10-19(2)20-12-14-21(15-13-20)25-18-22(23)24-16-11-17-33(9)28-31(5,6)26-30(3,4)27-32(7,8)29-33;1-5-17(3,4)16(19)20-18(6-2)14-8-12-7-13(10-14)11-15(18)9-12;1-4-14(2,3)12(17)19-10-8-5-9-11(10)20-13(18)15(9,6-8)7-16;1-5-12(3,4)11(14)15-13(6-2)9-7-8-10-13;1-7-10(3,4)9(12)13-11(5,6)8-2;1-4-10(2,3)9(12)14-7-5-8(11)13-6-7;1-7-10(5,6)8(11)12-9(2,3)4;1-3-8(2)9-4-6-10(11)7-5-9;1-3-4(2)5(6)7/h12-15,19H,10-11,16-18H2,1-9H3;12-15H,5-11H2,1-4H3;8-11H,4-6H2,1-3H3;5-10H2,1-4H3;7-8H2,1-6H3;7H,4-6H2,1-3H3;7H2,1-6H3;4-8,11H,3H2,1-2H3;4H,3H2,1-2H3,(H,6,7). The van der Waals surface area contributed by atoms with Gasteiger partial charge >= 0.3 is 93.9 Å². The first-order valence-electron chi connectivity index (χ1n) is 54.5.